The van der Waals surface area contributed by atoms with E-state index >= 15 is 0 Å². The summed E-state index contributed by atoms with van der Waals surface area (Å²) < 4.78 is 0. The first-order valence-corrected chi connectivity index (χ1v) is 9.81. The van der Waals surface area contributed by atoms with Gasteiger partial charge >= 0.3 is 5.97 Å². The summed E-state index contributed by atoms with van der Waals surface area (Å²) in [6.45, 7) is -0.136. The third-order valence-electron chi connectivity index (χ3n) is 4.12. The summed E-state index contributed by atoms with van der Waals surface area (Å²) in [6.07, 6.45) is 1.38. The van der Waals surface area contributed by atoms with Crippen molar-refractivity contribution < 1.29 is 29.4 Å². The Bertz CT molecular complexity index is 1070. The number of carbonyl (C=O) groups excluding carboxylic acids is 3. The van der Waals surface area contributed by atoms with E-state index in [1.807, 2.05) is 0 Å². The number of halogens is 1. The molecule has 154 valence electrons. The van der Waals surface area contributed by atoms with Gasteiger partial charge in [-0.1, -0.05) is 23.7 Å². The van der Waals surface area contributed by atoms with Crippen LogP contribution in [0.3, 0.4) is 0 Å². The van der Waals surface area contributed by atoms with Crippen LogP contribution in [0.25, 0.3) is 6.08 Å². The largest absolute Gasteiger partial charge is 0.506 e. The molecule has 0 radical (unpaired) electrons. The van der Waals surface area contributed by atoms with Crippen molar-refractivity contribution in [2.75, 3.05) is 11.9 Å². The Morgan fingerprint density at radius 3 is 2.47 bits per heavy atom. The number of carbonyl (C=O) groups is 4. The summed E-state index contributed by atoms with van der Waals surface area (Å²) in [5, 5.41) is 21.2. The van der Waals surface area contributed by atoms with Gasteiger partial charge in [-0.15, -0.1) is 0 Å². The minimum absolute atomic E-state index is 0.0294. The molecule has 0 bridgehead atoms. The van der Waals surface area contributed by atoms with Crippen LogP contribution in [-0.4, -0.2) is 44.7 Å². The molecular formula is C20H15ClN2O6S. The second-order valence-corrected chi connectivity index (χ2v) is 7.65. The topological polar surface area (TPSA) is 124 Å². The molecule has 0 atom stereocenters. The number of phenols is 1. The highest BCUT2D eigenvalue weighted by Crippen LogP contribution is 2.32. The fourth-order valence-electron chi connectivity index (χ4n) is 2.60. The molecule has 10 heteroatoms. The van der Waals surface area contributed by atoms with E-state index in [-0.39, 0.29) is 29.1 Å². The molecule has 1 heterocycles. The van der Waals surface area contributed by atoms with Crippen molar-refractivity contribution in [2.24, 2.45) is 0 Å². The van der Waals surface area contributed by atoms with Crippen molar-refractivity contribution in [3.8, 4) is 5.75 Å². The molecule has 3 amide bonds. The molecule has 0 unspecified atom stereocenters. The summed E-state index contributed by atoms with van der Waals surface area (Å²) in [4.78, 5) is 48.8. The predicted molar refractivity (Wildman–Crippen MR) is 112 cm³/mol. The molecule has 1 fully saturated rings. The summed E-state index contributed by atoms with van der Waals surface area (Å²) in [5.74, 6) is -2.66. The molecule has 0 aliphatic carbocycles. The van der Waals surface area contributed by atoms with Gasteiger partial charge in [0.25, 0.3) is 11.1 Å². The van der Waals surface area contributed by atoms with Gasteiger partial charge in [0.05, 0.1) is 16.2 Å². The number of anilines is 1. The van der Waals surface area contributed by atoms with Crippen LogP contribution < -0.4 is 5.32 Å². The maximum absolute atomic E-state index is 12.5. The van der Waals surface area contributed by atoms with Gasteiger partial charge in [-0.2, -0.15) is 0 Å². The molecule has 3 rings (SSSR count). The van der Waals surface area contributed by atoms with Gasteiger partial charge < -0.3 is 15.5 Å². The molecule has 1 saturated heterocycles. The summed E-state index contributed by atoms with van der Waals surface area (Å²) in [7, 11) is 0. The Morgan fingerprint density at radius 1 is 1.13 bits per heavy atom. The lowest BCUT2D eigenvalue weighted by Crippen LogP contribution is -2.31. The second kappa shape index (κ2) is 9.02. The van der Waals surface area contributed by atoms with Gasteiger partial charge in [0, 0.05) is 18.0 Å². The van der Waals surface area contributed by atoms with Gasteiger partial charge in [0.2, 0.25) is 5.91 Å². The lowest BCUT2D eigenvalue weighted by atomic mass is 10.2. The summed E-state index contributed by atoms with van der Waals surface area (Å²) in [6, 6.07) is 10.3. The van der Waals surface area contributed by atoms with Gasteiger partial charge in [0.15, 0.2) is 0 Å². The highest BCUT2D eigenvalue weighted by Gasteiger charge is 2.35. The van der Waals surface area contributed by atoms with Crippen LogP contribution in [0.5, 0.6) is 5.75 Å². The van der Waals surface area contributed by atoms with Crippen LogP contribution in [0.1, 0.15) is 22.3 Å². The van der Waals surface area contributed by atoms with Crippen LogP contribution in [-0.2, 0) is 9.59 Å². The number of aromatic hydroxyl groups is 1. The van der Waals surface area contributed by atoms with Crippen LogP contribution >= 0.6 is 23.4 Å². The van der Waals surface area contributed by atoms with Crippen molar-refractivity contribution in [1.29, 1.82) is 0 Å². The molecule has 2 aromatic carbocycles. The van der Waals surface area contributed by atoms with Gasteiger partial charge in [-0.3, -0.25) is 19.3 Å². The number of phenolic OH excluding ortho intramolecular Hbond substituents is 1. The van der Waals surface area contributed by atoms with Crippen LogP contribution in [0.15, 0.2) is 47.4 Å². The zero-order chi connectivity index (χ0) is 21.8. The van der Waals surface area contributed by atoms with Crippen LogP contribution in [0.2, 0.25) is 5.02 Å². The average Bonchev–Trinajstić information content (AvgIpc) is 2.96. The lowest BCUT2D eigenvalue weighted by Gasteiger charge is -2.13. The van der Waals surface area contributed by atoms with Crippen LogP contribution in [0.4, 0.5) is 10.5 Å². The third-order valence-corrected chi connectivity index (χ3v) is 5.28. The number of carboxylic acids is 1. The van der Waals surface area contributed by atoms with E-state index in [2.05, 4.69) is 5.32 Å². The SMILES string of the molecule is O=C(CCN1C(=O)S/C(=C\c2ccc(Cl)cc2)C1=O)Nc1ccc(C(=O)O)cc1O. The molecular weight excluding hydrogens is 432 g/mol. The number of hydrogen-bond acceptors (Lipinski definition) is 6. The molecule has 30 heavy (non-hydrogen) atoms. The quantitative estimate of drug-likeness (QED) is 0.455. The van der Waals surface area contributed by atoms with Gasteiger partial charge in [0.1, 0.15) is 5.75 Å². The van der Waals surface area contributed by atoms with Gasteiger partial charge in [-0.25, -0.2) is 4.79 Å². The van der Waals surface area contributed by atoms with E-state index in [9.17, 15) is 24.3 Å². The molecule has 1 aliphatic heterocycles. The first-order valence-electron chi connectivity index (χ1n) is 8.61. The fraction of sp³-hybridized carbons (Fsp3) is 0.100. The van der Waals surface area contributed by atoms with Crippen molar-refractivity contribution in [2.45, 2.75) is 6.42 Å². The standard InChI is InChI=1S/C20H15ClN2O6S/c21-13-4-1-11(2-5-13)9-16-18(26)23(20(29)30-16)8-7-17(25)22-14-6-3-12(19(27)28)10-15(14)24/h1-6,9-10,24H,7-8H2,(H,22,25)(H,27,28)/b16-9-. The number of rotatable bonds is 6. The number of nitrogens with zero attached hydrogens (tertiary/aromatic N) is 1. The molecule has 2 aromatic rings. The van der Waals surface area contributed by atoms with Crippen molar-refractivity contribution in [3.05, 3.63) is 63.5 Å². The lowest BCUT2D eigenvalue weighted by molar-refractivity contribution is -0.123. The van der Waals surface area contributed by atoms with Crippen molar-refractivity contribution in [3.63, 3.8) is 0 Å². The Balaban J connectivity index is 1.60. The van der Waals surface area contributed by atoms with Gasteiger partial charge in [-0.05, 0) is 53.7 Å². The first-order chi connectivity index (χ1) is 14.2. The highest BCUT2D eigenvalue weighted by atomic mass is 35.5. The first kappa shape index (κ1) is 21.4. The number of carboxylic acid groups (broad SMARTS) is 1. The second-order valence-electron chi connectivity index (χ2n) is 6.22. The molecule has 0 spiro atoms. The zero-order valence-corrected chi connectivity index (χ0v) is 16.9. The molecule has 8 nitrogen and oxygen atoms in total. The average molecular weight is 447 g/mol. The summed E-state index contributed by atoms with van der Waals surface area (Å²) in [5.41, 5.74) is 0.612. The van der Waals surface area contributed by atoms with E-state index < -0.39 is 28.8 Å². The molecule has 1 aliphatic rings. The minimum Gasteiger partial charge on any atom is -0.506 e. The fourth-order valence-corrected chi connectivity index (χ4v) is 3.59. The van der Waals surface area contributed by atoms with Crippen molar-refractivity contribution >= 4 is 58.1 Å². The Morgan fingerprint density at radius 2 is 1.83 bits per heavy atom. The monoisotopic (exact) mass is 446 g/mol. The number of hydrogen-bond donors (Lipinski definition) is 3. The minimum atomic E-state index is -1.21. The van der Waals surface area contributed by atoms with Crippen molar-refractivity contribution in [1.82, 2.24) is 4.90 Å². The number of benzene rings is 2. The maximum atomic E-state index is 12.5. The van der Waals surface area contributed by atoms with Crippen LogP contribution in [0, 0.1) is 0 Å². The van der Waals surface area contributed by atoms with E-state index in [1.54, 1.807) is 30.3 Å². The number of thioether (sulfide) groups is 1. The Hall–Kier alpha value is -3.30. The maximum Gasteiger partial charge on any atom is 0.335 e. The summed E-state index contributed by atoms with van der Waals surface area (Å²) >= 11 is 6.61. The zero-order valence-electron chi connectivity index (χ0n) is 15.3. The van der Waals surface area contributed by atoms with E-state index in [0.29, 0.717) is 10.6 Å². The number of nitrogens with one attached hydrogen (secondary N) is 1. The Labute approximate surface area is 180 Å². The Kier molecular flexibility index (Phi) is 6.43. The van der Waals surface area contributed by atoms with E-state index in [4.69, 9.17) is 16.7 Å². The normalized spacial score (nSPS) is 15.0. The number of imide groups is 1. The molecule has 0 aromatic heterocycles. The number of aromatic carboxylic acids is 1. The highest BCUT2D eigenvalue weighted by molar-refractivity contribution is 8.18. The predicted octanol–water partition coefficient (Wildman–Crippen LogP) is 3.81. The third kappa shape index (κ3) is 5.00. The molecule has 3 N–H and O–H groups in total. The number of amides is 3. The molecule has 0 saturated carbocycles. The smallest absolute Gasteiger partial charge is 0.335 e. The van der Waals surface area contributed by atoms with E-state index in [1.165, 1.54) is 12.1 Å². The van der Waals surface area contributed by atoms with E-state index in [0.717, 1.165) is 22.7 Å².